The molecule has 17 heteroatoms. The first kappa shape index (κ1) is 29.1. The van der Waals surface area contributed by atoms with Gasteiger partial charge in [0.1, 0.15) is 11.9 Å². The monoisotopic (exact) mass is 569 g/mol. The number of nitrogens with two attached hydrogens (primary N) is 1. The molecule has 0 saturated carbocycles. The highest BCUT2D eigenvalue weighted by molar-refractivity contribution is 6.38. The molecule has 0 atom stereocenters. The summed E-state index contributed by atoms with van der Waals surface area (Å²) in [5, 5.41) is 19.8. The summed E-state index contributed by atoms with van der Waals surface area (Å²) in [5.41, 5.74) is 3.68. The Morgan fingerprint density at radius 1 is 1.08 bits per heavy atom. The van der Waals surface area contributed by atoms with Gasteiger partial charge in [0.05, 0.1) is 20.5 Å². The fourth-order valence-electron chi connectivity index (χ4n) is 2.58. The molecule has 0 fully saturated rings. The van der Waals surface area contributed by atoms with Crippen molar-refractivity contribution in [2.24, 2.45) is 0 Å². The molecule has 0 amide bonds. The summed E-state index contributed by atoms with van der Waals surface area (Å²) in [6.45, 7) is 8.79. The second kappa shape index (κ2) is 11.3. The van der Waals surface area contributed by atoms with E-state index in [4.69, 9.17) is 40.5 Å². The van der Waals surface area contributed by atoms with Gasteiger partial charge in [0, 0.05) is 12.1 Å². The predicted molar refractivity (Wildman–Crippen MR) is 132 cm³/mol. The molecular weight excluding hydrogens is 550 g/mol. The third-order valence-corrected chi connectivity index (χ3v) is 4.71. The summed E-state index contributed by atoms with van der Waals surface area (Å²) in [4.78, 5) is 22.0. The smallest absolute Gasteiger partial charge is 0.378 e. The van der Waals surface area contributed by atoms with Crippen LogP contribution >= 0.6 is 34.8 Å². The zero-order chi connectivity index (χ0) is 27.4. The van der Waals surface area contributed by atoms with E-state index in [0.717, 1.165) is 17.4 Å². The molecule has 0 radical (unpaired) electrons. The summed E-state index contributed by atoms with van der Waals surface area (Å²) in [6, 6.07) is 1.27. The fourth-order valence-corrected chi connectivity index (χ4v) is 3.39. The lowest BCUT2D eigenvalue weighted by atomic mass is 10.1. The van der Waals surface area contributed by atoms with Gasteiger partial charge < -0.3 is 16.4 Å². The van der Waals surface area contributed by atoms with E-state index in [0.29, 0.717) is 24.0 Å². The van der Waals surface area contributed by atoms with Crippen LogP contribution in [0.1, 0.15) is 33.3 Å². The Morgan fingerprint density at radius 3 is 2.08 bits per heavy atom. The zero-order valence-electron chi connectivity index (χ0n) is 19.3. The molecule has 0 aliphatic carbocycles. The minimum Gasteiger partial charge on any atom is -0.378 e. The molecule has 11 nitrogen and oxygen atoms in total. The highest BCUT2D eigenvalue weighted by atomic mass is 35.5. The van der Waals surface area contributed by atoms with E-state index < -0.39 is 28.2 Å². The Kier molecular flexibility index (Phi) is 9.15. The highest BCUT2D eigenvalue weighted by Gasteiger charge is 2.33. The summed E-state index contributed by atoms with van der Waals surface area (Å²) in [7, 11) is 0. The van der Waals surface area contributed by atoms with Crippen molar-refractivity contribution in [1.29, 1.82) is 0 Å². The minimum absolute atomic E-state index is 0.103. The Balaban J connectivity index is 0.000000269. The molecule has 4 N–H and O–H groups in total. The Hall–Kier alpha value is -3.10. The molecule has 0 bridgehead atoms. The number of nitro groups is 1. The number of rotatable bonds is 5. The van der Waals surface area contributed by atoms with Gasteiger partial charge in [-0.1, -0.05) is 23.2 Å². The van der Waals surface area contributed by atoms with Gasteiger partial charge in [-0.2, -0.15) is 33.2 Å². The maximum atomic E-state index is 12.6. The van der Waals surface area contributed by atoms with Crippen molar-refractivity contribution >= 4 is 58.2 Å². The number of halogens is 6. The molecule has 2 heterocycles. The van der Waals surface area contributed by atoms with Crippen LogP contribution in [0.25, 0.3) is 5.69 Å². The summed E-state index contributed by atoms with van der Waals surface area (Å²) < 4.78 is 38.7. The van der Waals surface area contributed by atoms with Crippen LogP contribution in [-0.2, 0) is 6.18 Å². The Morgan fingerprint density at radius 2 is 1.64 bits per heavy atom. The molecule has 2 aromatic heterocycles. The molecule has 0 aliphatic heterocycles. The molecule has 0 aliphatic rings. The largest absolute Gasteiger partial charge is 0.416 e. The number of anilines is 3. The first-order valence-electron chi connectivity index (χ1n) is 10.0. The lowest BCUT2D eigenvalue weighted by Crippen LogP contribution is -2.27. The zero-order valence-corrected chi connectivity index (χ0v) is 21.6. The lowest BCUT2D eigenvalue weighted by molar-refractivity contribution is -0.383. The van der Waals surface area contributed by atoms with E-state index in [2.05, 4.69) is 30.7 Å². The van der Waals surface area contributed by atoms with Gasteiger partial charge in [-0.25, -0.2) is 4.68 Å². The average molecular weight is 571 g/mol. The molecule has 36 heavy (non-hydrogen) atoms. The third-order valence-electron chi connectivity index (χ3n) is 3.97. The van der Waals surface area contributed by atoms with Gasteiger partial charge in [0.25, 0.3) is 0 Å². The van der Waals surface area contributed by atoms with Gasteiger partial charge in [-0.05, 0) is 51.4 Å². The van der Waals surface area contributed by atoms with E-state index in [1.807, 2.05) is 27.7 Å². The molecule has 1 aromatic carbocycles. The number of hydrogen-bond donors (Lipinski definition) is 3. The standard InChI is InChI=1S/C10H5Cl2F3N4O2.C9H16ClN5/c11-5-1-4(10(13,14)15)2-6(12)8(5)18-9(16)7(3-17-18)19(20)21;1-5-11-7-12-6(10)13-8(14-7)15-9(2,3)4/h1-3H,16H2;5H2,1-4H3,(H2,11,12,13,14,15). The second-order valence-corrected chi connectivity index (χ2v) is 9.18. The van der Waals surface area contributed by atoms with Crippen molar-refractivity contribution < 1.29 is 18.1 Å². The first-order valence-corrected chi connectivity index (χ1v) is 11.1. The SMILES string of the molecule is CCNc1nc(Cl)nc(NC(C)(C)C)n1.Nc1c([N+](=O)[O-])cnn1-c1c(Cl)cc(C(F)(F)F)cc1Cl. The van der Waals surface area contributed by atoms with E-state index in [1.165, 1.54) is 0 Å². The van der Waals surface area contributed by atoms with Crippen LogP contribution in [0, 0.1) is 10.1 Å². The minimum atomic E-state index is -4.63. The summed E-state index contributed by atoms with van der Waals surface area (Å²) in [6.07, 6.45) is -3.78. The molecule has 0 unspecified atom stereocenters. The van der Waals surface area contributed by atoms with Crippen LogP contribution in [-0.4, -0.2) is 41.7 Å². The van der Waals surface area contributed by atoms with Crippen molar-refractivity contribution in [3.63, 3.8) is 0 Å². The molecule has 0 saturated heterocycles. The lowest BCUT2D eigenvalue weighted by Gasteiger charge is -2.20. The maximum absolute atomic E-state index is 12.6. The van der Waals surface area contributed by atoms with Gasteiger partial charge >= 0.3 is 11.9 Å². The number of aromatic nitrogens is 5. The number of nitrogens with zero attached hydrogens (tertiary/aromatic N) is 6. The van der Waals surface area contributed by atoms with Crippen molar-refractivity contribution in [1.82, 2.24) is 24.7 Å². The van der Waals surface area contributed by atoms with Crippen LogP contribution in [0.15, 0.2) is 18.3 Å². The van der Waals surface area contributed by atoms with E-state index >= 15 is 0 Å². The molecule has 0 spiro atoms. The van der Waals surface area contributed by atoms with Gasteiger partial charge in [-0.3, -0.25) is 10.1 Å². The van der Waals surface area contributed by atoms with Crippen molar-refractivity contribution in [3.05, 3.63) is 49.3 Å². The number of nitrogens with one attached hydrogen (secondary N) is 2. The average Bonchev–Trinajstić information content (AvgIpc) is 3.07. The summed E-state index contributed by atoms with van der Waals surface area (Å²) in [5.74, 6) is 0.575. The van der Waals surface area contributed by atoms with Crippen LogP contribution in [0.5, 0.6) is 0 Å². The fraction of sp³-hybridized carbons (Fsp3) is 0.368. The second-order valence-electron chi connectivity index (χ2n) is 8.03. The van der Waals surface area contributed by atoms with Crippen LogP contribution in [0.3, 0.4) is 0 Å². The van der Waals surface area contributed by atoms with Gasteiger partial charge in [0.2, 0.25) is 23.0 Å². The van der Waals surface area contributed by atoms with Gasteiger partial charge in [0.15, 0.2) is 0 Å². The topological polar surface area (TPSA) is 150 Å². The molecule has 196 valence electrons. The third kappa shape index (κ3) is 7.70. The van der Waals surface area contributed by atoms with Crippen molar-refractivity contribution in [3.8, 4) is 5.69 Å². The van der Waals surface area contributed by atoms with Crippen LogP contribution in [0.4, 0.5) is 36.6 Å². The summed E-state index contributed by atoms with van der Waals surface area (Å²) >= 11 is 17.3. The predicted octanol–water partition coefficient (Wildman–Crippen LogP) is 5.86. The molecular formula is C19H21Cl3F3N9O2. The van der Waals surface area contributed by atoms with Crippen LogP contribution in [0.2, 0.25) is 15.3 Å². The van der Waals surface area contributed by atoms with Crippen molar-refractivity contribution in [2.45, 2.75) is 39.4 Å². The number of nitrogen functional groups attached to an aromatic ring is 1. The van der Waals surface area contributed by atoms with E-state index in [1.54, 1.807) is 0 Å². The van der Waals surface area contributed by atoms with E-state index in [9.17, 15) is 23.3 Å². The first-order chi connectivity index (χ1) is 16.5. The number of alkyl halides is 3. The van der Waals surface area contributed by atoms with E-state index in [-0.39, 0.29) is 26.6 Å². The molecule has 3 aromatic rings. The Labute approximate surface area is 218 Å². The van der Waals surface area contributed by atoms with Gasteiger partial charge in [-0.15, -0.1) is 0 Å². The molecule has 3 rings (SSSR count). The number of benzene rings is 1. The maximum Gasteiger partial charge on any atom is 0.416 e. The quantitative estimate of drug-likeness (QED) is 0.253. The highest BCUT2D eigenvalue weighted by Crippen LogP contribution is 2.38. The van der Waals surface area contributed by atoms with Crippen LogP contribution < -0.4 is 16.4 Å². The number of hydrogen-bond acceptors (Lipinski definition) is 9. The Bertz CT molecular complexity index is 1220. The normalized spacial score (nSPS) is 11.5. The van der Waals surface area contributed by atoms with Crippen molar-refractivity contribution in [2.75, 3.05) is 22.9 Å².